The molecule has 0 heterocycles. The van der Waals surface area contributed by atoms with E-state index in [9.17, 15) is 14.4 Å². The summed E-state index contributed by atoms with van der Waals surface area (Å²) in [5, 5.41) is 0. The van der Waals surface area contributed by atoms with Crippen molar-refractivity contribution in [2.75, 3.05) is 13.2 Å². The molecule has 0 aliphatic carbocycles. The van der Waals surface area contributed by atoms with Crippen molar-refractivity contribution < 1.29 is 28.6 Å². The van der Waals surface area contributed by atoms with Gasteiger partial charge in [-0.2, -0.15) is 0 Å². The Morgan fingerprint density at radius 3 is 0.768 bits per heavy atom. The van der Waals surface area contributed by atoms with E-state index in [1.165, 1.54) is 161 Å². The summed E-state index contributed by atoms with van der Waals surface area (Å²) in [6, 6.07) is 0. The summed E-state index contributed by atoms with van der Waals surface area (Å²) in [6.45, 7) is 6.41. The fourth-order valence-electron chi connectivity index (χ4n) is 9.62. The lowest BCUT2D eigenvalue weighted by atomic mass is 10.0. The van der Waals surface area contributed by atoms with Crippen LogP contribution in [-0.2, 0) is 28.6 Å². The smallest absolute Gasteiger partial charge is 0.306 e. The monoisotopic (exact) mass is 1140 g/mol. The van der Waals surface area contributed by atoms with E-state index in [-0.39, 0.29) is 31.1 Å². The van der Waals surface area contributed by atoms with Crippen molar-refractivity contribution in [3.8, 4) is 0 Å². The van der Waals surface area contributed by atoms with Crippen molar-refractivity contribution in [1.29, 1.82) is 0 Å². The molecule has 0 bridgehead atoms. The maximum absolute atomic E-state index is 12.9. The van der Waals surface area contributed by atoms with E-state index < -0.39 is 6.10 Å². The maximum Gasteiger partial charge on any atom is 0.306 e. The number of hydrogen-bond donors (Lipinski definition) is 0. The number of allylic oxidation sites excluding steroid dienone is 20. The Hall–Kier alpha value is -4.19. The summed E-state index contributed by atoms with van der Waals surface area (Å²) >= 11 is 0. The predicted octanol–water partition coefficient (Wildman–Crippen LogP) is 23.9. The number of esters is 3. The summed E-state index contributed by atoms with van der Waals surface area (Å²) in [4.78, 5) is 38.4. The highest BCUT2D eigenvalue weighted by atomic mass is 16.6. The van der Waals surface area contributed by atoms with E-state index in [0.717, 1.165) is 122 Å². The Morgan fingerprint density at radius 2 is 0.476 bits per heavy atom. The first kappa shape index (κ1) is 77.8. The van der Waals surface area contributed by atoms with Crippen LogP contribution in [0.5, 0.6) is 0 Å². The lowest BCUT2D eigenvalue weighted by molar-refractivity contribution is -0.167. The van der Waals surface area contributed by atoms with Crippen LogP contribution in [-0.4, -0.2) is 37.2 Å². The van der Waals surface area contributed by atoms with Crippen LogP contribution in [0, 0.1) is 0 Å². The van der Waals surface area contributed by atoms with E-state index in [4.69, 9.17) is 14.2 Å². The van der Waals surface area contributed by atoms with Crippen LogP contribution in [0.15, 0.2) is 122 Å². The van der Waals surface area contributed by atoms with Crippen LogP contribution in [0.25, 0.3) is 0 Å². The molecule has 0 spiro atoms. The molecule has 6 heteroatoms. The molecule has 0 amide bonds. The zero-order valence-electron chi connectivity index (χ0n) is 53.7. The Balaban J connectivity index is 4.25. The first-order valence-corrected chi connectivity index (χ1v) is 34.5. The van der Waals surface area contributed by atoms with Gasteiger partial charge in [0.2, 0.25) is 0 Å². The van der Waals surface area contributed by atoms with Gasteiger partial charge in [0.15, 0.2) is 6.10 Å². The quantitative estimate of drug-likeness (QED) is 0.0261. The van der Waals surface area contributed by atoms with Gasteiger partial charge >= 0.3 is 17.9 Å². The molecule has 1 atom stereocenters. The molecule has 0 aromatic carbocycles. The van der Waals surface area contributed by atoms with E-state index >= 15 is 0 Å². The third kappa shape index (κ3) is 66.6. The average Bonchev–Trinajstić information content (AvgIpc) is 3.47. The number of rotatable bonds is 62. The van der Waals surface area contributed by atoms with E-state index in [1.54, 1.807) is 0 Å². The lowest BCUT2D eigenvalue weighted by Gasteiger charge is -2.18. The van der Waals surface area contributed by atoms with Crippen molar-refractivity contribution in [2.24, 2.45) is 0 Å². The highest BCUT2D eigenvalue weighted by Gasteiger charge is 2.19. The third-order valence-electron chi connectivity index (χ3n) is 14.7. The molecule has 0 saturated heterocycles. The van der Waals surface area contributed by atoms with Crippen molar-refractivity contribution in [2.45, 2.75) is 329 Å². The van der Waals surface area contributed by atoms with Crippen molar-refractivity contribution in [3.63, 3.8) is 0 Å². The van der Waals surface area contributed by atoms with Crippen LogP contribution in [0.4, 0.5) is 0 Å². The molecule has 0 saturated carbocycles. The van der Waals surface area contributed by atoms with Gasteiger partial charge < -0.3 is 14.2 Å². The fourth-order valence-corrected chi connectivity index (χ4v) is 9.62. The van der Waals surface area contributed by atoms with Gasteiger partial charge in [0.25, 0.3) is 0 Å². The maximum atomic E-state index is 12.9. The molecule has 0 N–H and O–H groups in total. The molecular formula is C76H128O6. The molecule has 6 nitrogen and oxygen atoms in total. The molecule has 0 aliphatic rings. The second kappa shape index (κ2) is 69.3. The third-order valence-corrected chi connectivity index (χ3v) is 14.7. The van der Waals surface area contributed by atoms with E-state index in [0.29, 0.717) is 19.3 Å². The SMILES string of the molecule is CC/C=C\C/C=C\C/C=C\C/C=C\C/C=C\C/C=C\CCCCCCCCCCCCCCCCC(=O)OCC(COC(=O)CCCC/C=C\C/C=C\C/C=C\C/C=C\CC)OC(=O)CCCCCCCCCCCCCCCCCC. The zero-order valence-corrected chi connectivity index (χ0v) is 53.7. The van der Waals surface area contributed by atoms with Crippen LogP contribution in [0.1, 0.15) is 323 Å². The summed E-state index contributed by atoms with van der Waals surface area (Å²) in [7, 11) is 0. The molecule has 0 radical (unpaired) electrons. The first-order chi connectivity index (χ1) is 40.5. The molecule has 0 aromatic rings. The molecule has 1 unspecified atom stereocenters. The van der Waals surface area contributed by atoms with Crippen LogP contribution < -0.4 is 0 Å². The van der Waals surface area contributed by atoms with Gasteiger partial charge in [-0.25, -0.2) is 0 Å². The first-order valence-electron chi connectivity index (χ1n) is 34.5. The molecular weight excluding hydrogens is 1010 g/mol. The minimum Gasteiger partial charge on any atom is -0.462 e. The highest BCUT2D eigenvalue weighted by Crippen LogP contribution is 2.17. The van der Waals surface area contributed by atoms with Crippen molar-refractivity contribution >= 4 is 17.9 Å². The number of ether oxygens (including phenoxy) is 3. The molecule has 82 heavy (non-hydrogen) atoms. The zero-order chi connectivity index (χ0) is 59.2. The van der Waals surface area contributed by atoms with Gasteiger partial charge in [-0.15, -0.1) is 0 Å². The molecule has 0 aliphatic heterocycles. The van der Waals surface area contributed by atoms with Crippen LogP contribution in [0.3, 0.4) is 0 Å². The van der Waals surface area contributed by atoms with E-state index in [1.807, 2.05) is 0 Å². The molecule has 0 fully saturated rings. The topological polar surface area (TPSA) is 78.9 Å². The summed E-state index contributed by atoms with van der Waals surface area (Å²) in [5.41, 5.74) is 0. The van der Waals surface area contributed by atoms with Crippen LogP contribution >= 0.6 is 0 Å². The highest BCUT2D eigenvalue weighted by molar-refractivity contribution is 5.71. The average molecular weight is 1140 g/mol. The molecule has 0 aromatic heterocycles. The Morgan fingerprint density at radius 1 is 0.256 bits per heavy atom. The van der Waals surface area contributed by atoms with Gasteiger partial charge in [0.05, 0.1) is 0 Å². The van der Waals surface area contributed by atoms with Gasteiger partial charge in [0.1, 0.15) is 13.2 Å². The molecule has 468 valence electrons. The Kier molecular flexibility index (Phi) is 65.8. The summed E-state index contributed by atoms with van der Waals surface area (Å²) < 4.78 is 16.9. The van der Waals surface area contributed by atoms with Crippen molar-refractivity contribution in [3.05, 3.63) is 122 Å². The van der Waals surface area contributed by atoms with Gasteiger partial charge in [-0.05, 0) is 109 Å². The Bertz CT molecular complexity index is 1690. The van der Waals surface area contributed by atoms with E-state index in [2.05, 4.69) is 142 Å². The lowest BCUT2D eigenvalue weighted by Crippen LogP contribution is -2.30. The number of carbonyl (C=O) groups is 3. The van der Waals surface area contributed by atoms with Crippen molar-refractivity contribution in [1.82, 2.24) is 0 Å². The van der Waals surface area contributed by atoms with Crippen LogP contribution in [0.2, 0.25) is 0 Å². The predicted molar refractivity (Wildman–Crippen MR) is 357 cm³/mol. The van der Waals surface area contributed by atoms with Gasteiger partial charge in [-0.3, -0.25) is 14.4 Å². The number of unbranched alkanes of at least 4 members (excludes halogenated alkanes) is 31. The normalized spacial score (nSPS) is 12.9. The number of carbonyl (C=O) groups excluding carboxylic acids is 3. The largest absolute Gasteiger partial charge is 0.462 e. The molecule has 0 rings (SSSR count). The standard InChI is InChI=1S/C76H128O6/c1-4-7-10-13-16-19-22-25-28-30-31-32-33-34-35-36-37-38-39-40-41-42-43-44-45-46-49-51-54-57-60-63-66-69-75(78)81-72-73(71-80-74(77)68-65-62-59-56-53-50-47-27-24-21-18-15-12-9-6-3)82-76(79)70-67-64-61-58-55-52-48-29-26-23-20-17-14-11-8-5-2/h7,9-10,12,16,18-19,21,25,27-28,31-32,34-35,37-38,47,53,56,73H,4-6,8,11,13-15,17,20,22-24,26,29-30,33,36,39-46,48-52,54-55,57-72H2,1-3H3/b10-7-,12-9-,19-16-,21-18-,28-25-,32-31-,35-34-,38-37-,47-27-,56-53-. The Labute approximate surface area is 507 Å². The number of hydrogen-bond acceptors (Lipinski definition) is 6. The summed E-state index contributed by atoms with van der Waals surface area (Å²) in [6.07, 6.45) is 96.6. The fraction of sp³-hybridized carbons (Fsp3) is 0.697. The second-order valence-electron chi connectivity index (χ2n) is 22.7. The second-order valence-corrected chi connectivity index (χ2v) is 22.7. The summed E-state index contributed by atoms with van der Waals surface area (Å²) in [5.74, 6) is -0.921. The van der Waals surface area contributed by atoms with Gasteiger partial charge in [-0.1, -0.05) is 316 Å². The van der Waals surface area contributed by atoms with Gasteiger partial charge in [0, 0.05) is 19.3 Å². The minimum absolute atomic E-state index is 0.0896. The minimum atomic E-state index is -0.796.